The number of nitrogens with one attached hydrogen (secondary N) is 1. The molecule has 0 heterocycles. The van der Waals surface area contributed by atoms with Gasteiger partial charge in [-0.15, -0.1) is 0 Å². The fraction of sp³-hybridized carbons (Fsp3) is 0.333. The molecule has 3 N–H and O–H groups in total. The Bertz CT molecular complexity index is 415. The molecule has 0 aliphatic rings. The van der Waals surface area contributed by atoms with Crippen LogP contribution >= 0.6 is 12.2 Å². The number of benzene rings is 1. The molecule has 0 saturated carbocycles. The lowest BCUT2D eigenvalue weighted by Gasteiger charge is -2.07. The summed E-state index contributed by atoms with van der Waals surface area (Å²) in [5, 5.41) is 2.78. The maximum atomic E-state index is 11.8. The van der Waals surface area contributed by atoms with Crippen molar-refractivity contribution < 1.29 is 4.79 Å². The maximum Gasteiger partial charge on any atom is 0.251 e. The lowest BCUT2D eigenvalue weighted by Crippen LogP contribution is -2.27. The van der Waals surface area contributed by atoms with E-state index in [9.17, 15) is 4.79 Å². The van der Waals surface area contributed by atoms with Crippen molar-refractivity contribution in [1.82, 2.24) is 5.32 Å². The molecule has 1 aromatic carbocycles. The van der Waals surface area contributed by atoms with Crippen LogP contribution in [0.15, 0.2) is 18.2 Å². The van der Waals surface area contributed by atoms with Crippen molar-refractivity contribution in [1.29, 1.82) is 0 Å². The maximum absolute atomic E-state index is 11.8. The minimum atomic E-state index is -0.0752. The van der Waals surface area contributed by atoms with E-state index in [1.807, 2.05) is 32.0 Å². The van der Waals surface area contributed by atoms with Gasteiger partial charge >= 0.3 is 0 Å². The predicted octanol–water partition coefficient (Wildman–Crippen LogP) is 1.71. The van der Waals surface area contributed by atoms with Crippen LogP contribution in [0, 0.1) is 13.8 Å². The highest BCUT2D eigenvalue weighted by atomic mass is 32.1. The van der Waals surface area contributed by atoms with Crippen molar-refractivity contribution in [2.75, 3.05) is 6.54 Å². The largest absolute Gasteiger partial charge is 0.393 e. The Morgan fingerprint density at radius 3 is 2.69 bits per heavy atom. The van der Waals surface area contributed by atoms with Gasteiger partial charge in [0.05, 0.1) is 4.99 Å². The molecule has 0 aliphatic heterocycles. The topological polar surface area (TPSA) is 55.1 Å². The van der Waals surface area contributed by atoms with Gasteiger partial charge in [0.25, 0.3) is 5.91 Å². The van der Waals surface area contributed by atoms with Crippen molar-refractivity contribution in [3.63, 3.8) is 0 Å². The van der Waals surface area contributed by atoms with Crippen molar-refractivity contribution in [3.05, 3.63) is 34.9 Å². The van der Waals surface area contributed by atoms with Crippen LogP contribution in [0.5, 0.6) is 0 Å². The summed E-state index contributed by atoms with van der Waals surface area (Å²) >= 11 is 4.73. The zero-order valence-corrected chi connectivity index (χ0v) is 10.4. The summed E-state index contributed by atoms with van der Waals surface area (Å²) in [6.07, 6.45) is 0.534. The molecule has 0 radical (unpaired) electrons. The third kappa shape index (κ3) is 3.62. The second-order valence-corrected chi connectivity index (χ2v) is 4.31. The minimum absolute atomic E-state index is 0.0752. The Morgan fingerprint density at radius 2 is 2.12 bits per heavy atom. The molecule has 0 atom stereocenters. The van der Waals surface area contributed by atoms with E-state index in [0.717, 1.165) is 11.1 Å². The first-order chi connectivity index (χ1) is 7.50. The SMILES string of the molecule is Cc1ccc(C(=O)NCCC(N)=S)c(C)c1. The van der Waals surface area contributed by atoms with E-state index in [1.54, 1.807) is 0 Å². The number of amides is 1. The highest BCUT2D eigenvalue weighted by molar-refractivity contribution is 7.80. The molecule has 0 unspecified atom stereocenters. The van der Waals surface area contributed by atoms with Gasteiger partial charge in [0.1, 0.15) is 0 Å². The van der Waals surface area contributed by atoms with Crippen LogP contribution in [0.1, 0.15) is 27.9 Å². The summed E-state index contributed by atoms with van der Waals surface area (Å²) < 4.78 is 0. The van der Waals surface area contributed by atoms with Gasteiger partial charge in [0.2, 0.25) is 0 Å². The third-order valence-corrected chi connectivity index (χ3v) is 2.49. The summed E-state index contributed by atoms with van der Waals surface area (Å²) in [7, 11) is 0. The second kappa shape index (κ2) is 5.61. The molecule has 1 amide bonds. The Balaban J connectivity index is 2.63. The van der Waals surface area contributed by atoms with E-state index in [1.165, 1.54) is 0 Å². The number of aryl methyl sites for hydroxylation is 2. The molecule has 0 aliphatic carbocycles. The molecule has 16 heavy (non-hydrogen) atoms. The predicted molar refractivity (Wildman–Crippen MR) is 69.7 cm³/mol. The van der Waals surface area contributed by atoms with Gasteiger partial charge in [-0.1, -0.05) is 29.9 Å². The first-order valence-electron chi connectivity index (χ1n) is 5.14. The van der Waals surface area contributed by atoms with E-state index >= 15 is 0 Å². The van der Waals surface area contributed by atoms with Crippen molar-refractivity contribution in [2.24, 2.45) is 5.73 Å². The van der Waals surface area contributed by atoms with Crippen LogP contribution in [0.3, 0.4) is 0 Å². The van der Waals surface area contributed by atoms with Gasteiger partial charge in [0, 0.05) is 18.5 Å². The third-order valence-electron chi connectivity index (χ3n) is 2.28. The fourth-order valence-corrected chi connectivity index (χ4v) is 1.56. The lowest BCUT2D eigenvalue weighted by molar-refractivity contribution is 0.0954. The Morgan fingerprint density at radius 1 is 1.44 bits per heavy atom. The van der Waals surface area contributed by atoms with Crippen molar-refractivity contribution in [2.45, 2.75) is 20.3 Å². The van der Waals surface area contributed by atoms with E-state index in [4.69, 9.17) is 18.0 Å². The molecule has 1 aromatic rings. The minimum Gasteiger partial charge on any atom is -0.393 e. The Hall–Kier alpha value is -1.42. The van der Waals surface area contributed by atoms with Crippen molar-refractivity contribution in [3.8, 4) is 0 Å². The highest BCUT2D eigenvalue weighted by Crippen LogP contribution is 2.10. The normalized spacial score (nSPS) is 9.88. The summed E-state index contributed by atoms with van der Waals surface area (Å²) in [6, 6.07) is 5.75. The molecule has 86 valence electrons. The van der Waals surface area contributed by atoms with Crippen LogP contribution in [0.2, 0.25) is 0 Å². The number of carbonyl (C=O) groups is 1. The van der Waals surface area contributed by atoms with Crippen LogP contribution in [0.4, 0.5) is 0 Å². The lowest BCUT2D eigenvalue weighted by atomic mass is 10.1. The van der Waals surface area contributed by atoms with Crippen molar-refractivity contribution >= 4 is 23.1 Å². The fourth-order valence-electron chi connectivity index (χ4n) is 1.46. The van der Waals surface area contributed by atoms with Gasteiger partial charge < -0.3 is 11.1 Å². The van der Waals surface area contributed by atoms with Gasteiger partial charge in [-0.05, 0) is 25.5 Å². The number of hydrogen-bond acceptors (Lipinski definition) is 2. The zero-order valence-electron chi connectivity index (χ0n) is 9.54. The van der Waals surface area contributed by atoms with Gasteiger partial charge in [-0.25, -0.2) is 0 Å². The standard InChI is InChI=1S/C12H16N2OS/c1-8-3-4-10(9(2)7-8)12(15)14-6-5-11(13)16/h3-4,7H,5-6H2,1-2H3,(H2,13,16)(H,14,15). The molecule has 0 spiro atoms. The summed E-state index contributed by atoms with van der Waals surface area (Å²) in [6.45, 7) is 4.42. The number of nitrogens with two attached hydrogens (primary N) is 1. The Labute approximate surface area is 101 Å². The van der Waals surface area contributed by atoms with E-state index in [2.05, 4.69) is 5.32 Å². The molecule has 0 bridgehead atoms. The second-order valence-electron chi connectivity index (χ2n) is 3.79. The first-order valence-corrected chi connectivity index (χ1v) is 5.55. The molecule has 3 nitrogen and oxygen atoms in total. The average Bonchev–Trinajstić information content (AvgIpc) is 2.16. The van der Waals surface area contributed by atoms with Crippen LogP contribution in [-0.4, -0.2) is 17.4 Å². The molecule has 0 aromatic heterocycles. The molecular weight excluding hydrogens is 220 g/mol. The number of thiocarbonyl (C=S) groups is 1. The summed E-state index contributed by atoms with van der Waals surface area (Å²) in [5.74, 6) is -0.0752. The Kier molecular flexibility index (Phi) is 4.43. The smallest absolute Gasteiger partial charge is 0.251 e. The van der Waals surface area contributed by atoms with Gasteiger partial charge in [-0.3, -0.25) is 4.79 Å². The van der Waals surface area contributed by atoms with Crippen LogP contribution in [-0.2, 0) is 0 Å². The molecule has 0 fully saturated rings. The number of hydrogen-bond donors (Lipinski definition) is 2. The van der Waals surface area contributed by atoms with Crippen LogP contribution in [0.25, 0.3) is 0 Å². The van der Waals surface area contributed by atoms with Gasteiger partial charge in [0.15, 0.2) is 0 Å². The van der Waals surface area contributed by atoms with Crippen LogP contribution < -0.4 is 11.1 Å². The highest BCUT2D eigenvalue weighted by Gasteiger charge is 2.07. The average molecular weight is 236 g/mol. The quantitative estimate of drug-likeness (QED) is 0.782. The first kappa shape index (κ1) is 12.6. The number of carbonyl (C=O) groups excluding carboxylic acids is 1. The summed E-state index contributed by atoms with van der Waals surface area (Å²) in [4.78, 5) is 12.2. The van der Waals surface area contributed by atoms with Gasteiger partial charge in [-0.2, -0.15) is 0 Å². The van der Waals surface area contributed by atoms with E-state index in [0.29, 0.717) is 23.5 Å². The zero-order chi connectivity index (χ0) is 12.1. The molecular formula is C12H16N2OS. The van der Waals surface area contributed by atoms with E-state index < -0.39 is 0 Å². The number of rotatable bonds is 4. The molecule has 0 saturated heterocycles. The van der Waals surface area contributed by atoms with E-state index in [-0.39, 0.29) is 5.91 Å². The molecule has 4 heteroatoms. The molecule has 1 rings (SSSR count). The monoisotopic (exact) mass is 236 g/mol. The summed E-state index contributed by atoms with van der Waals surface area (Å²) in [5.41, 5.74) is 8.18.